The predicted octanol–water partition coefficient (Wildman–Crippen LogP) is 1.60. The van der Waals surface area contributed by atoms with Crippen molar-refractivity contribution in [1.82, 2.24) is 0 Å². The number of carbonyl (C=O) groups is 2. The number of amides is 1. The number of nitrogens with one attached hydrogen (secondary N) is 1. The summed E-state index contributed by atoms with van der Waals surface area (Å²) in [6, 6.07) is 5.70. The highest BCUT2D eigenvalue weighted by atomic mass is 16.5. The number of methoxy groups -OCH3 is 1. The van der Waals surface area contributed by atoms with E-state index in [9.17, 15) is 14.4 Å². The number of carbonyl (C=O) groups excluding carboxylic acids is 1. The number of ether oxygens (including phenoxy) is 1. The van der Waals surface area contributed by atoms with Gasteiger partial charge in [-0.05, 0) is 17.7 Å². The third-order valence-corrected chi connectivity index (χ3v) is 2.60. The molecule has 1 aromatic carbocycles. The van der Waals surface area contributed by atoms with Gasteiger partial charge in [0.25, 0.3) is 0 Å². The Kier molecular flexibility index (Phi) is 3.69. The normalized spacial score (nSPS) is 10.2. The van der Waals surface area contributed by atoms with E-state index in [1.54, 1.807) is 12.1 Å². The molecule has 2 aromatic rings. The second-order valence-corrected chi connectivity index (χ2v) is 3.99. The second-order valence-electron chi connectivity index (χ2n) is 3.99. The number of hydrogen-bond donors (Lipinski definition) is 2. The van der Waals surface area contributed by atoms with Crippen molar-refractivity contribution >= 4 is 28.7 Å². The van der Waals surface area contributed by atoms with Crippen molar-refractivity contribution in [1.29, 1.82) is 0 Å². The van der Waals surface area contributed by atoms with Crippen LogP contribution in [-0.2, 0) is 16.0 Å². The Hall–Kier alpha value is -2.83. The smallest absolute Gasteiger partial charge is 0.411 e. The summed E-state index contributed by atoms with van der Waals surface area (Å²) in [7, 11) is 1.22. The number of anilines is 1. The van der Waals surface area contributed by atoms with Crippen LogP contribution in [0.15, 0.2) is 33.5 Å². The molecule has 0 unspecified atom stereocenters. The van der Waals surface area contributed by atoms with Crippen LogP contribution in [-0.4, -0.2) is 24.3 Å². The average Bonchev–Trinajstić information content (AvgIpc) is 2.37. The largest absolute Gasteiger partial charge is 0.481 e. The Morgan fingerprint density at radius 1 is 1.35 bits per heavy atom. The molecule has 0 fully saturated rings. The first kappa shape index (κ1) is 13.6. The molecule has 2 rings (SSSR count). The second kappa shape index (κ2) is 5.43. The molecule has 0 aliphatic rings. The van der Waals surface area contributed by atoms with E-state index in [0.717, 1.165) is 6.07 Å². The molecule has 0 saturated carbocycles. The lowest BCUT2D eigenvalue weighted by atomic mass is 10.1. The standard InChI is InChI=1S/C13H11NO6/c1-19-13(18)14-8-2-3-9-7(4-11(15)16)5-12(17)20-10(9)6-8/h2-3,5-6H,4H2,1H3,(H,14,18)(H,15,16). The first-order valence-corrected chi connectivity index (χ1v) is 5.63. The van der Waals surface area contributed by atoms with E-state index in [4.69, 9.17) is 9.52 Å². The number of aliphatic carboxylic acids is 1. The van der Waals surface area contributed by atoms with Crippen molar-refractivity contribution in [2.24, 2.45) is 0 Å². The fourth-order valence-corrected chi connectivity index (χ4v) is 1.79. The Bertz CT molecular complexity index is 733. The molecule has 7 heteroatoms. The number of benzene rings is 1. The van der Waals surface area contributed by atoms with Crippen molar-refractivity contribution in [3.05, 3.63) is 40.2 Å². The van der Waals surface area contributed by atoms with E-state index >= 15 is 0 Å². The van der Waals surface area contributed by atoms with E-state index in [-0.39, 0.29) is 12.0 Å². The summed E-state index contributed by atoms with van der Waals surface area (Å²) in [5, 5.41) is 11.7. The third kappa shape index (κ3) is 2.94. The van der Waals surface area contributed by atoms with Crippen LogP contribution in [0.1, 0.15) is 5.56 Å². The summed E-state index contributed by atoms with van der Waals surface area (Å²) >= 11 is 0. The van der Waals surface area contributed by atoms with Gasteiger partial charge in [0.05, 0.1) is 13.5 Å². The minimum Gasteiger partial charge on any atom is -0.481 e. The van der Waals surface area contributed by atoms with Gasteiger partial charge in [-0.3, -0.25) is 10.1 Å². The summed E-state index contributed by atoms with van der Waals surface area (Å²) < 4.78 is 9.45. The molecule has 2 N–H and O–H groups in total. The van der Waals surface area contributed by atoms with E-state index in [1.165, 1.54) is 13.2 Å². The molecule has 0 aliphatic heterocycles. The fraction of sp³-hybridized carbons (Fsp3) is 0.154. The number of rotatable bonds is 3. The number of hydrogen-bond acceptors (Lipinski definition) is 5. The molecule has 20 heavy (non-hydrogen) atoms. The Morgan fingerprint density at radius 3 is 2.75 bits per heavy atom. The average molecular weight is 277 g/mol. The highest BCUT2D eigenvalue weighted by Crippen LogP contribution is 2.21. The lowest BCUT2D eigenvalue weighted by Gasteiger charge is -2.06. The summed E-state index contributed by atoms with van der Waals surface area (Å²) in [5.74, 6) is -1.05. The number of carboxylic acid groups (broad SMARTS) is 1. The van der Waals surface area contributed by atoms with Gasteiger partial charge in [-0.1, -0.05) is 0 Å². The maximum Gasteiger partial charge on any atom is 0.411 e. The SMILES string of the molecule is COC(=O)Nc1ccc2c(CC(=O)O)cc(=O)oc2c1. The van der Waals surface area contributed by atoms with Crippen LogP contribution in [0.2, 0.25) is 0 Å². The summed E-state index contributed by atoms with van der Waals surface area (Å²) in [6.45, 7) is 0. The maximum absolute atomic E-state index is 11.4. The van der Waals surface area contributed by atoms with Gasteiger partial charge < -0.3 is 14.3 Å². The molecule has 0 bridgehead atoms. The van der Waals surface area contributed by atoms with Gasteiger partial charge in [0.1, 0.15) is 5.58 Å². The molecule has 1 amide bonds. The minimum atomic E-state index is -1.05. The molecule has 1 aromatic heterocycles. The third-order valence-electron chi connectivity index (χ3n) is 2.60. The number of carboxylic acids is 1. The number of fused-ring (bicyclic) bond motifs is 1. The lowest BCUT2D eigenvalue weighted by molar-refractivity contribution is -0.136. The van der Waals surface area contributed by atoms with E-state index in [1.807, 2.05) is 0 Å². The van der Waals surface area contributed by atoms with Crippen LogP contribution in [0.25, 0.3) is 11.0 Å². The Balaban J connectivity index is 2.50. The quantitative estimate of drug-likeness (QED) is 0.825. The van der Waals surface area contributed by atoms with Crippen molar-refractivity contribution in [3.8, 4) is 0 Å². The monoisotopic (exact) mass is 277 g/mol. The zero-order valence-electron chi connectivity index (χ0n) is 10.5. The highest BCUT2D eigenvalue weighted by Gasteiger charge is 2.10. The van der Waals surface area contributed by atoms with Crippen LogP contribution in [0, 0.1) is 0 Å². The van der Waals surface area contributed by atoms with Crippen LogP contribution in [0.4, 0.5) is 10.5 Å². The summed E-state index contributed by atoms with van der Waals surface area (Å²) in [4.78, 5) is 33.3. The van der Waals surface area contributed by atoms with Crippen molar-refractivity contribution in [3.63, 3.8) is 0 Å². The van der Waals surface area contributed by atoms with Gasteiger partial charge in [-0.2, -0.15) is 0 Å². The van der Waals surface area contributed by atoms with E-state index in [0.29, 0.717) is 16.6 Å². The summed E-state index contributed by atoms with van der Waals surface area (Å²) in [6.07, 6.45) is -0.945. The van der Waals surface area contributed by atoms with Crippen LogP contribution < -0.4 is 10.9 Å². The predicted molar refractivity (Wildman–Crippen MR) is 69.9 cm³/mol. The van der Waals surface area contributed by atoms with Gasteiger partial charge in [-0.15, -0.1) is 0 Å². The molecule has 0 spiro atoms. The van der Waals surface area contributed by atoms with E-state index in [2.05, 4.69) is 10.1 Å². The zero-order valence-corrected chi connectivity index (χ0v) is 10.5. The Labute approximate surface area is 112 Å². The van der Waals surface area contributed by atoms with Gasteiger partial charge in [0.2, 0.25) is 0 Å². The molecular weight excluding hydrogens is 266 g/mol. The van der Waals surface area contributed by atoms with Crippen molar-refractivity contribution in [2.75, 3.05) is 12.4 Å². The molecule has 7 nitrogen and oxygen atoms in total. The first-order chi connectivity index (χ1) is 9.49. The van der Waals surface area contributed by atoms with Crippen LogP contribution in [0.5, 0.6) is 0 Å². The molecule has 1 heterocycles. The molecular formula is C13H11NO6. The van der Waals surface area contributed by atoms with Gasteiger partial charge >= 0.3 is 17.7 Å². The van der Waals surface area contributed by atoms with Crippen LogP contribution in [0.3, 0.4) is 0 Å². The summed E-state index contributed by atoms with van der Waals surface area (Å²) in [5.41, 5.74) is 0.278. The lowest BCUT2D eigenvalue weighted by Crippen LogP contribution is -2.11. The zero-order chi connectivity index (χ0) is 14.7. The first-order valence-electron chi connectivity index (χ1n) is 5.63. The maximum atomic E-state index is 11.4. The molecule has 0 radical (unpaired) electrons. The van der Waals surface area contributed by atoms with Gasteiger partial charge in [0, 0.05) is 23.2 Å². The van der Waals surface area contributed by atoms with Crippen molar-refractivity contribution in [2.45, 2.75) is 6.42 Å². The fourth-order valence-electron chi connectivity index (χ4n) is 1.79. The molecule has 104 valence electrons. The molecule has 0 atom stereocenters. The van der Waals surface area contributed by atoms with Crippen LogP contribution >= 0.6 is 0 Å². The highest BCUT2D eigenvalue weighted by molar-refractivity contribution is 5.91. The Morgan fingerprint density at radius 2 is 2.10 bits per heavy atom. The topological polar surface area (TPSA) is 106 Å². The van der Waals surface area contributed by atoms with Gasteiger partial charge in [-0.25, -0.2) is 9.59 Å². The van der Waals surface area contributed by atoms with Gasteiger partial charge in [0.15, 0.2) is 0 Å². The minimum absolute atomic E-state index is 0.197. The molecule has 0 aliphatic carbocycles. The molecule has 0 saturated heterocycles. The van der Waals surface area contributed by atoms with E-state index < -0.39 is 17.7 Å². The van der Waals surface area contributed by atoms with Crippen molar-refractivity contribution < 1.29 is 23.8 Å².